The molecule has 22 heavy (non-hydrogen) atoms. The second-order valence-corrected chi connectivity index (χ2v) is 5.28. The third kappa shape index (κ3) is 4.18. The molecule has 0 bridgehead atoms. The van der Waals surface area contributed by atoms with E-state index in [9.17, 15) is 9.59 Å². The number of benzene rings is 1. The van der Waals surface area contributed by atoms with Crippen molar-refractivity contribution in [3.05, 3.63) is 57.8 Å². The average Bonchev–Trinajstić information content (AvgIpc) is 2.46. The fraction of sp³-hybridized carbons (Fsp3) is 0.312. The number of H-pyrrole nitrogens is 1. The lowest BCUT2D eigenvalue weighted by atomic mass is 10.2. The summed E-state index contributed by atoms with van der Waals surface area (Å²) < 4.78 is 0. The van der Waals surface area contributed by atoms with Crippen LogP contribution in [-0.4, -0.2) is 36.5 Å². The number of hydrogen-bond donors (Lipinski definition) is 2. The topological polar surface area (TPSA) is 78.1 Å². The van der Waals surface area contributed by atoms with Gasteiger partial charge in [0.15, 0.2) is 0 Å². The number of carbonyl (C=O) groups is 1. The van der Waals surface area contributed by atoms with Gasteiger partial charge in [-0.3, -0.25) is 9.59 Å². The Kier molecular flexibility index (Phi) is 4.93. The molecule has 2 aromatic rings. The Morgan fingerprint density at radius 2 is 2.09 bits per heavy atom. The molecule has 1 heterocycles. The van der Waals surface area contributed by atoms with Gasteiger partial charge < -0.3 is 15.2 Å². The van der Waals surface area contributed by atoms with Crippen molar-refractivity contribution in [2.75, 3.05) is 25.5 Å². The summed E-state index contributed by atoms with van der Waals surface area (Å²) in [5, 5.41) is 2.83. The Balaban J connectivity index is 1.95. The molecule has 1 aromatic carbocycles. The number of rotatable bonds is 5. The summed E-state index contributed by atoms with van der Waals surface area (Å²) in [5.74, 6) is 0.436. The second kappa shape index (κ2) is 6.89. The van der Waals surface area contributed by atoms with Gasteiger partial charge in [-0.25, -0.2) is 4.98 Å². The van der Waals surface area contributed by atoms with Crippen LogP contribution in [0, 0.1) is 6.92 Å². The lowest BCUT2D eigenvalue weighted by molar-refractivity contribution is 0.0954. The number of aryl methyl sites for hydroxylation is 1. The fourth-order valence-corrected chi connectivity index (χ4v) is 2.08. The van der Waals surface area contributed by atoms with Gasteiger partial charge in [0.2, 0.25) is 0 Å². The van der Waals surface area contributed by atoms with Crippen molar-refractivity contribution in [2.45, 2.75) is 13.3 Å². The minimum atomic E-state index is -0.174. The monoisotopic (exact) mass is 300 g/mol. The van der Waals surface area contributed by atoms with Crippen LogP contribution in [0.5, 0.6) is 0 Å². The molecule has 0 saturated heterocycles. The Hall–Kier alpha value is -2.63. The maximum absolute atomic E-state index is 12.1. The number of carbonyl (C=O) groups excluding carboxylic acids is 1. The third-order valence-corrected chi connectivity index (χ3v) is 3.19. The summed E-state index contributed by atoms with van der Waals surface area (Å²) in [4.78, 5) is 32.3. The minimum Gasteiger partial charge on any atom is -0.378 e. The molecule has 0 aliphatic rings. The smallest absolute Gasteiger partial charge is 0.251 e. The molecule has 0 unspecified atom stereocenters. The molecule has 0 saturated carbocycles. The van der Waals surface area contributed by atoms with Gasteiger partial charge in [0.25, 0.3) is 11.5 Å². The van der Waals surface area contributed by atoms with E-state index in [1.807, 2.05) is 37.2 Å². The Labute approximate surface area is 129 Å². The van der Waals surface area contributed by atoms with Crippen molar-refractivity contribution < 1.29 is 4.79 Å². The van der Waals surface area contributed by atoms with Gasteiger partial charge in [-0.05, 0) is 25.1 Å². The summed E-state index contributed by atoms with van der Waals surface area (Å²) in [5.41, 5.74) is 2.07. The number of hydrogen-bond acceptors (Lipinski definition) is 4. The highest BCUT2D eigenvalue weighted by atomic mass is 16.1. The largest absolute Gasteiger partial charge is 0.378 e. The number of aromatic amines is 1. The zero-order valence-electron chi connectivity index (χ0n) is 13.0. The van der Waals surface area contributed by atoms with E-state index >= 15 is 0 Å². The van der Waals surface area contributed by atoms with E-state index in [1.165, 1.54) is 6.07 Å². The average molecular weight is 300 g/mol. The molecule has 0 radical (unpaired) electrons. The van der Waals surface area contributed by atoms with E-state index in [4.69, 9.17) is 0 Å². The molecule has 116 valence electrons. The van der Waals surface area contributed by atoms with Crippen LogP contribution in [0.25, 0.3) is 0 Å². The van der Waals surface area contributed by atoms with Crippen LogP contribution in [0.2, 0.25) is 0 Å². The summed E-state index contributed by atoms with van der Waals surface area (Å²) in [6.07, 6.45) is 0.482. The van der Waals surface area contributed by atoms with Gasteiger partial charge >= 0.3 is 0 Å². The number of nitrogens with zero attached hydrogens (tertiary/aromatic N) is 2. The van der Waals surface area contributed by atoms with Gasteiger partial charge in [0.05, 0.1) is 0 Å². The van der Waals surface area contributed by atoms with Gasteiger partial charge in [-0.1, -0.05) is 6.07 Å². The first-order valence-corrected chi connectivity index (χ1v) is 7.08. The zero-order chi connectivity index (χ0) is 16.1. The van der Waals surface area contributed by atoms with Gasteiger partial charge in [0, 0.05) is 50.1 Å². The van der Waals surface area contributed by atoms with E-state index in [2.05, 4.69) is 15.3 Å². The Bertz CT molecular complexity index is 722. The molecule has 0 atom stereocenters. The first kappa shape index (κ1) is 15.8. The molecule has 6 nitrogen and oxygen atoms in total. The molecule has 2 N–H and O–H groups in total. The van der Waals surface area contributed by atoms with Crippen molar-refractivity contribution >= 4 is 11.6 Å². The van der Waals surface area contributed by atoms with E-state index in [-0.39, 0.29) is 11.5 Å². The normalized spacial score (nSPS) is 10.3. The predicted molar refractivity (Wildman–Crippen MR) is 86.4 cm³/mol. The predicted octanol–water partition coefficient (Wildman–Crippen LogP) is 1.12. The van der Waals surface area contributed by atoms with Crippen molar-refractivity contribution in [1.82, 2.24) is 15.3 Å². The summed E-state index contributed by atoms with van der Waals surface area (Å²) >= 11 is 0. The molecule has 0 aliphatic carbocycles. The van der Waals surface area contributed by atoms with Crippen LogP contribution < -0.4 is 15.8 Å². The maximum Gasteiger partial charge on any atom is 0.251 e. The highest BCUT2D eigenvalue weighted by Crippen LogP contribution is 2.13. The lowest BCUT2D eigenvalue weighted by Gasteiger charge is -2.13. The maximum atomic E-state index is 12.1. The van der Waals surface area contributed by atoms with Crippen LogP contribution in [0.3, 0.4) is 0 Å². The quantitative estimate of drug-likeness (QED) is 0.867. The number of anilines is 1. The van der Waals surface area contributed by atoms with E-state index in [1.54, 1.807) is 13.0 Å². The Morgan fingerprint density at radius 3 is 2.77 bits per heavy atom. The van der Waals surface area contributed by atoms with Crippen molar-refractivity contribution in [3.8, 4) is 0 Å². The summed E-state index contributed by atoms with van der Waals surface area (Å²) in [7, 11) is 3.85. The molecule has 1 aromatic heterocycles. The summed E-state index contributed by atoms with van der Waals surface area (Å²) in [6, 6.07) is 8.84. The zero-order valence-corrected chi connectivity index (χ0v) is 13.0. The molecule has 1 amide bonds. The van der Waals surface area contributed by atoms with Crippen molar-refractivity contribution in [2.24, 2.45) is 0 Å². The van der Waals surface area contributed by atoms with E-state index in [0.717, 1.165) is 5.69 Å². The van der Waals surface area contributed by atoms with Gasteiger partial charge in [-0.15, -0.1) is 0 Å². The van der Waals surface area contributed by atoms with E-state index in [0.29, 0.717) is 30.0 Å². The van der Waals surface area contributed by atoms with Crippen LogP contribution in [0.15, 0.2) is 35.1 Å². The minimum absolute atomic E-state index is 0.140. The Morgan fingerprint density at radius 1 is 1.32 bits per heavy atom. The highest BCUT2D eigenvalue weighted by molar-refractivity contribution is 5.95. The first-order valence-electron chi connectivity index (χ1n) is 7.08. The SMILES string of the molecule is Cc1cc(=O)[nH]c(CCNC(=O)c2cccc(N(C)C)c2)n1. The molecule has 0 aliphatic heterocycles. The standard InChI is InChI=1S/C16H20N4O2/c1-11-9-15(21)19-14(18-11)7-8-17-16(22)12-5-4-6-13(10-12)20(2)3/h4-6,9-10H,7-8H2,1-3H3,(H,17,22)(H,18,19,21). The van der Waals surface area contributed by atoms with Crippen LogP contribution in [0.1, 0.15) is 21.9 Å². The number of amides is 1. The first-order chi connectivity index (χ1) is 10.5. The molecule has 0 fully saturated rings. The van der Waals surface area contributed by atoms with Gasteiger partial charge in [0.1, 0.15) is 5.82 Å². The molecular weight excluding hydrogens is 280 g/mol. The number of aromatic nitrogens is 2. The van der Waals surface area contributed by atoms with E-state index < -0.39 is 0 Å². The number of nitrogens with one attached hydrogen (secondary N) is 2. The van der Waals surface area contributed by atoms with Gasteiger partial charge in [-0.2, -0.15) is 0 Å². The highest BCUT2D eigenvalue weighted by Gasteiger charge is 2.07. The molecular formula is C16H20N4O2. The van der Waals surface area contributed by atoms with Crippen molar-refractivity contribution in [3.63, 3.8) is 0 Å². The lowest BCUT2D eigenvalue weighted by Crippen LogP contribution is -2.27. The fourth-order valence-electron chi connectivity index (χ4n) is 2.08. The molecule has 2 rings (SSSR count). The molecule has 0 spiro atoms. The van der Waals surface area contributed by atoms with Crippen molar-refractivity contribution in [1.29, 1.82) is 0 Å². The van der Waals surface area contributed by atoms with Crippen LogP contribution in [0.4, 0.5) is 5.69 Å². The molecule has 6 heteroatoms. The van der Waals surface area contributed by atoms with Crippen LogP contribution >= 0.6 is 0 Å². The second-order valence-electron chi connectivity index (χ2n) is 5.28. The summed E-state index contributed by atoms with van der Waals surface area (Å²) in [6.45, 7) is 2.18. The van der Waals surface area contributed by atoms with Crippen LogP contribution in [-0.2, 0) is 6.42 Å². The third-order valence-electron chi connectivity index (χ3n) is 3.19.